The maximum atomic E-state index is 13.2. The number of carbonyl (C=O) groups is 1. The zero-order valence-electron chi connectivity index (χ0n) is 16.1. The third-order valence-electron chi connectivity index (χ3n) is 4.90. The van der Waals surface area contributed by atoms with Gasteiger partial charge in [0.25, 0.3) is 5.91 Å². The van der Waals surface area contributed by atoms with Gasteiger partial charge in [-0.25, -0.2) is 0 Å². The fraction of sp³-hybridized carbons (Fsp3) is 0.208. The Morgan fingerprint density at radius 3 is 2.07 bits per heavy atom. The van der Waals surface area contributed by atoms with Gasteiger partial charge in [-0.3, -0.25) is 4.79 Å². The van der Waals surface area contributed by atoms with E-state index in [1.54, 1.807) is 0 Å². The van der Waals surface area contributed by atoms with Gasteiger partial charge in [0, 0.05) is 16.8 Å². The number of aryl methyl sites for hydroxylation is 2. The van der Waals surface area contributed by atoms with Gasteiger partial charge in [0.05, 0.1) is 0 Å². The summed E-state index contributed by atoms with van der Waals surface area (Å²) in [5, 5.41) is 5.27. The number of carbonyl (C=O) groups excluding carboxylic acids is 1. The van der Waals surface area contributed by atoms with Gasteiger partial charge in [-0.15, -0.1) is 0 Å². The summed E-state index contributed by atoms with van der Waals surface area (Å²) in [4.78, 5) is 13.2. The highest BCUT2D eigenvalue weighted by Crippen LogP contribution is 2.19. The maximum Gasteiger partial charge on any atom is 0.287 e. The molecule has 0 saturated heterocycles. The van der Waals surface area contributed by atoms with E-state index in [1.807, 2.05) is 74.5 Å². The minimum Gasteiger partial charge on any atom is -0.326 e. The maximum absolute atomic E-state index is 13.2. The molecule has 3 N–H and O–H groups in total. The number of hydrogen-bond donors (Lipinski definition) is 2. The minimum atomic E-state index is -0.318. The minimum absolute atomic E-state index is 0.00215. The Labute approximate surface area is 161 Å². The Morgan fingerprint density at radius 2 is 1.44 bits per heavy atom. The first-order valence-electron chi connectivity index (χ1n) is 9.37. The molecule has 3 aromatic carbocycles. The van der Waals surface area contributed by atoms with Crippen LogP contribution in [-0.2, 0) is 4.79 Å². The van der Waals surface area contributed by atoms with Gasteiger partial charge >= 0.3 is 0 Å². The highest BCUT2D eigenvalue weighted by molar-refractivity contribution is 5.95. The normalized spacial score (nSPS) is 13.0. The summed E-state index contributed by atoms with van der Waals surface area (Å²) >= 11 is 0. The quantitative estimate of drug-likeness (QED) is 0.677. The number of anilines is 1. The molecule has 0 aromatic heterocycles. The van der Waals surface area contributed by atoms with Crippen LogP contribution in [0.25, 0.3) is 0 Å². The van der Waals surface area contributed by atoms with Crippen LogP contribution in [-0.4, -0.2) is 5.91 Å². The van der Waals surface area contributed by atoms with E-state index in [-0.39, 0.29) is 18.0 Å². The van der Waals surface area contributed by atoms with Crippen LogP contribution in [0.2, 0.25) is 0 Å². The van der Waals surface area contributed by atoms with Crippen molar-refractivity contribution >= 4 is 11.6 Å². The van der Waals surface area contributed by atoms with Crippen LogP contribution in [0.5, 0.6) is 0 Å². The van der Waals surface area contributed by atoms with Crippen molar-refractivity contribution in [3.05, 3.63) is 101 Å². The lowest BCUT2D eigenvalue weighted by atomic mass is 10.0. The Bertz CT molecular complexity index is 891. The van der Waals surface area contributed by atoms with Crippen molar-refractivity contribution in [2.24, 2.45) is 0 Å². The number of hydrogen-bond acceptors (Lipinski definition) is 1. The molecule has 138 valence electrons. The van der Waals surface area contributed by atoms with Crippen LogP contribution in [0, 0.1) is 13.8 Å². The molecule has 0 saturated carbocycles. The van der Waals surface area contributed by atoms with Crippen LogP contribution in [0.4, 0.5) is 5.69 Å². The molecule has 0 radical (unpaired) electrons. The highest BCUT2D eigenvalue weighted by atomic mass is 16.2. The first-order chi connectivity index (χ1) is 13.0. The second-order valence-electron chi connectivity index (χ2n) is 7.09. The van der Waals surface area contributed by atoms with E-state index < -0.39 is 0 Å². The first kappa shape index (κ1) is 18.9. The van der Waals surface area contributed by atoms with Crippen LogP contribution in [0.1, 0.15) is 41.3 Å². The lowest BCUT2D eigenvalue weighted by molar-refractivity contribution is -0.718. The van der Waals surface area contributed by atoms with E-state index >= 15 is 0 Å². The average molecular weight is 359 g/mol. The van der Waals surface area contributed by atoms with Gasteiger partial charge < -0.3 is 10.6 Å². The Kier molecular flexibility index (Phi) is 6.05. The molecular formula is C24H27N2O+. The van der Waals surface area contributed by atoms with Gasteiger partial charge in [-0.1, -0.05) is 72.8 Å². The van der Waals surface area contributed by atoms with E-state index in [4.69, 9.17) is 0 Å². The predicted molar refractivity (Wildman–Crippen MR) is 111 cm³/mol. The zero-order chi connectivity index (χ0) is 19.2. The summed E-state index contributed by atoms with van der Waals surface area (Å²) < 4.78 is 0. The molecule has 1 amide bonds. The molecule has 0 aliphatic rings. The number of nitrogens with one attached hydrogen (secondary N) is 1. The van der Waals surface area contributed by atoms with E-state index in [2.05, 4.69) is 35.8 Å². The molecule has 27 heavy (non-hydrogen) atoms. The number of amides is 1. The molecule has 0 fully saturated rings. The summed E-state index contributed by atoms with van der Waals surface area (Å²) in [5.74, 6) is -0.00215. The third-order valence-corrected chi connectivity index (χ3v) is 4.90. The van der Waals surface area contributed by atoms with Gasteiger partial charge in [0.1, 0.15) is 6.04 Å². The molecule has 3 rings (SSSR count). The Hall–Kier alpha value is -2.91. The molecule has 0 heterocycles. The zero-order valence-corrected chi connectivity index (χ0v) is 16.1. The van der Waals surface area contributed by atoms with Crippen molar-refractivity contribution in [3.63, 3.8) is 0 Å². The topological polar surface area (TPSA) is 45.7 Å². The summed E-state index contributed by atoms with van der Waals surface area (Å²) in [7, 11) is 0. The fourth-order valence-electron chi connectivity index (χ4n) is 3.25. The SMILES string of the molecule is Cc1ccc(C)c(NC(=O)[C@H]([NH2+][C@@H](C)c2ccccc2)c2ccccc2)c1. The monoisotopic (exact) mass is 359 g/mol. The number of quaternary nitrogens is 1. The van der Waals surface area contributed by atoms with E-state index in [0.29, 0.717) is 0 Å². The molecule has 0 bridgehead atoms. The lowest BCUT2D eigenvalue weighted by Gasteiger charge is -2.21. The van der Waals surface area contributed by atoms with Crippen molar-refractivity contribution < 1.29 is 10.1 Å². The molecule has 0 aliphatic carbocycles. The van der Waals surface area contributed by atoms with Gasteiger partial charge in [-0.2, -0.15) is 0 Å². The number of rotatable bonds is 6. The predicted octanol–water partition coefficient (Wildman–Crippen LogP) is 4.31. The Morgan fingerprint density at radius 1 is 0.852 bits per heavy atom. The fourth-order valence-corrected chi connectivity index (χ4v) is 3.25. The third kappa shape index (κ3) is 4.83. The molecule has 0 unspecified atom stereocenters. The molecule has 2 atom stereocenters. The molecule has 3 heteroatoms. The summed E-state index contributed by atoms with van der Waals surface area (Å²) in [5.41, 5.74) is 5.29. The van der Waals surface area contributed by atoms with E-state index in [0.717, 1.165) is 22.4 Å². The van der Waals surface area contributed by atoms with Crippen molar-refractivity contribution in [2.45, 2.75) is 32.9 Å². The van der Waals surface area contributed by atoms with Gasteiger partial charge in [-0.05, 0) is 38.0 Å². The van der Waals surface area contributed by atoms with Crippen molar-refractivity contribution in [3.8, 4) is 0 Å². The molecule has 3 nitrogen and oxygen atoms in total. The van der Waals surface area contributed by atoms with E-state index in [9.17, 15) is 4.79 Å². The summed E-state index contributed by atoms with van der Waals surface area (Å²) in [6.45, 7) is 6.19. The smallest absolute Gasteiger partial charge is 0.287 e. The van der Waals surface area contributed by atoms with Gasteiger partial charge in [0.15, 0.2) is 6.04 Å². The number of benzene rings is 3. The summed E-state index contributed by atoms with van der Waals surface area (Å²) in [6.07, 6.45) is 0. The van der Waals surface area contributed by atoms with Crippen LogP contribution in [0.15, 0.2) is 78.9 Å². The molecule has 0 aliphatic heterocycles. The first-order valence-corrected chi connectivity index (χ1v) is 9.37. The molecular weight excluding hydrogens is 332 g/mol. The molecule has 0 spiro atoms. The number of nitrogens with two attached hydrogens (primary N) is 1. The second kappa shape index (κ2) is 8.65. The lowest BCUT2D eigenvalue weighted by Crippen LogP contribution is -2.87. The van der Waals surface area contributed by atoms with Crippen LogP contribution >= 0.6 is 0 Å². The molecule has 3 aromatic rings. The largest absolute Gasteiger partial charge is 0.326 e. The standard InChI is InChI=1S/C24H26N2O/c1-17-14-15-18(2)22(16-17)26-24(27)23(21-12-8-5-9-13-21)25-19(3)20-10-6-4-7-11-20/h4-16,19,23,25H,1-3H3,(H,26,27)/p+1/t19-,23+/m0/s1. The Balaban J connectivity index is 1.85. The van der Waals surface area contributed by atoms with Crippen LogP contribution in [0.3, 0.4) is 0 Å². The van der Waals surface area contributed by atoms with Crippen LogP contribution < -0.4 is 10.6 Å². The average Bonchev–Trinajstić information content (AvgIpc) is 2.70. The van der Waals surface area contributed by atoms with Crippen molar-refractivity contribution in [2.75, 3.05) is 5.32 Å². The van der Waals surface area contributed by atoms with Crippen molar-refractivity contribution in [1.29, 1.82) is 0 Å². The second-order valence-corrected chi connectivity index (χ2v) is 7.09. The highest BCUT2D eigenvalue weighted by Gasteiger charge is 2.27. The van der Waals surface area contributed by atoms with Gasteiger partial charge in [0.2, 0.25) is 0 Å². The van der Waals surface area contributed by atoms with Crippen molar-refractivity contribution in [1.82, 2.24) is 0 Å². The summed E-state index contributed by atoms with van der Waals surface area (Å²) in [6, 6.07) is 26.2. The van der Waals surface area contributed by atoms with E-state index in [1.165, 1.54) is 5.56 Å².